The third kappa shape index (κ3) is 4.75. The van der Waals surface area contributed by atoms with Crippen LogP contribution in [0.25, 0.3) is 0 Å². The van der Waals surface area contributed by atoms with Gasteiger partial charge in [0, 0.05) is 17.9 Å². The van der Waals surface area contributed by atoms with E-state index < -0.39 is 34.5 Å². The highest BCUT2D eigenvalue weighted by atomic mass is 19.4. The molecular weight excluding hydrogens is 389 g/mol. The molecule has 0 amide bonds. The molecule has 0 aromatic carbocycles. The lowest BCUT2D eigenvalue weighted by Crippen LogP contribution is -2.53. The number of ether oxygens (including phenoxy) is 3. The lowest BCUT2D eigenvalue weighted by molar-refractivity contribution is -0.183. The summed E-state index contributed by atoms with van der Waals surface area (Å²) in [5, 5.41) is 11.3. The van der Waals surface area contributed by atoms with E-state index in [1.165, 1.54) is 6.92 Å². The van der Waals surface area contributed by atoms with Crippen LogP contribution in [0.15, 0.2) is 35.5 Å². The molecule has 3 unspecified atom stereocenters. The summed E-state index contributed by atoms with van der Waals surface area (Å²) in [6.45, 7) is 10.3. The number of hydrogen-bond acceptors (Lipinski definition) is 5. The van der Waals surface area contributed by atoms with E-state index >= 15 is 0 Å². The normalized spacial score (nSPS) is 35.2. The molecule has 0 bridgehead atoms. The molecule has 5 nitrogen and oxygen atoms in total. The molecule has 0 aromatic rings. The molecule has 8 heteroatoms. The summed E-state index contributed by atoms with van der Waals surface area (Å²) in [6, 6.07) is 0. The zero-order valence-electron chi connectivity index (χ0n) is 17.6. The van der Waals surface area contributed by atoms with Gasteiger partial charge in [-0.2, -0.15) is 13.2 Å². The van der Waals surface area contributed by atoms with Gasteiger partial charge in [0.05, 0.1) is 24.4 Å². The summed E-state index contributed by atoms with van der Waals surface area (Å²) in [6.07, 6.45) is -1.03. The molecule has 29 heavy (non-hydrogen) atoms. The first kappa shape index (κ1) is 23.6. The quantitative estimate of drug-likeness (QED) is 0.321. The Morgan fingerprint density at radius 2 is 1.86 bits per heavy atom. The number of carbonyl (C=O) groups excluding carboxylic acids is 1. The number of alkyl halides is 3. The number of aliphatic hydroxyl groups is 1. The maximum absolute atomic E-state index is 13.4. The number of carbonyl (C=O) groups is 1. The van der Waals surface area contributed by atoms with Crippen molar-refractivity contribution in [3.63, 3.8) is 0 Å². The third-order valence-corrected chi connectivity index (χ3v) is 5.58. The molecule has 1 fully saturated rings. The van der Waals surface area contributed by atoms with Gasteiger partial charge in [-0.15, -0.1) is 0 Å². The van der Waals surface area contributed by atoms with E-state index in [9.17, 15) is 23.1 Å². The van der Waals surface area contributed by atoms with Crippen molar-refractivity contribution in [2.45, 2.75) is 77.7 Å². The average Bonchev–Trinajstić information content (AvgIpc) is 2.81. The van der Waals surface area contributed by atoms with Gasteiger partial charge in [0.25, 0.3) is 0 Å². The Kier molecular flexibility index (Phi) is 6.43. The van der Waals surface area contributed by atoms with Crippen molar-refractivity contribution in [1.82, 2.24) is 0 Å². The largest absolute Gasteiger partial charge is 0.463 e. The van der Waals surface area contributed by atoms with Gasteiger partial charge in [-0.1, -0.05) is 19.9 Å². The molecule has 0 radical (unpaired) electrons. The van der Waals surface area contributed by atoms with Gasteiger partial charge < -0.3 is 19.3 Å². The van der Waals surface area contributed by atoms with Crippen molar-refractivity contribution >= 4 is 5.97 Å². The van der Waals surface area contributed by atoms with Crippen LogP contribution in [0.1, 0.15) is 48.0 Å². The molecule has 1 N–H and O–H groups in total. The Bertz CT molecular complexity index is 725. The van der Waals surface area contributed by atoms with Gasteiger partial charge >= 0.3 is 12.1 Å². The van der Waals surface area contributed by atoms with Crippen molar-refractivity contribution in [2.24, 2.45) is 5.41 Å². The Hall–Kier alpha value is -1.64. The first-order valence-corrected chi connectivity index (χ1v) is 9.58. The maximum Gasteiger partial charge on any atom is 0.416 e. The first-order valence-electron chi connectivity index (χ1n) is 9.58. The van der Waals surface area contributed by atoms with Crippen molar-refractivity contribution in [2.75, 3.05) is 6.61 Å². The molecule has 0 aromatic heterocycles. The van der Waals surface area contributed by atoms with Gasteiger partial charge in [-0.05, 0) is 45.4 Å². The lowest BCUT2D eigenvalue weighted by Gasteiger charge is -2.49. The maximum atomic E-state index is 13.4. The van der Waals surface area contributed by atoms with Crippen molar-refractivity contribution in [3.05, 3.63) is 35.5 Å². The standard InChI is InChI=1S/C21H29F3O5/c1-7-27-17(25)10-16(21(22,23)24)8-9-20(26)13(2)11-19(12-18(20,5)6)28-14(3)15(4)29-19/h8-11,14-15,26H,7,12H2,1-6H3. The topological polar surface area (TPSA) is 65.0 Å². The fraction of sp³-hybridized carbons (Fsp3) is 0.667. The molecule has 2 aliphatic rings. The Balaban J connectivity index is 2.43. The van der Waals surface area contributed by atoms with E-state index in [-0.39, 0.29) is 25.2 Å². The van der Waals surface area contributed by atoms with E-state index in [0.29, 0.717) is 11.6 Å². The minimum atomic E-state index is -4.78. The van der Waals surface area contributed by atoms with Gasteiger partial charge in [0.2, 0.25) is 0 Å². The second-order valence-electron chi connectivity index (χ2n) is 8.29. The molecule has 1 aliphatic heterocycles. The number of esters is 1. The fourth-order valence-electron chi connectivity index (χ4n) is 3.88. The molecule has 3 atom stereocenters. The predicted molar refractivity (Wildman–Crippen MR) is 101 cm³/mol. The van der Waals surface area contributed by atoms with E-state index in [4.69, 9.17) is 9.47 Å². The van der Waals surface area contributed by atoms with Gasteiger partial charge in [0.15, 0.2) is 5.79 Å². The lowest BCUT2D eigenvalue weighted by atomic mass is 9.63. The third-order valence-electron chi connectivity index (χ3n) is 5.58. The summed E-state index contributed by atoms with van der Waals surface area (Å²) in [5.74, 6) is -2.12. The smallest absolute Gasteiger partial charge is 0.416 e. The SMILES string of the molecule is CCOC(=O)C=C(C=CC1(O)C(C)=CC2(CC1(C)C)OC(C)C(C)O2)C(F)(F)F. The van der Waals surface area contributed by atoms with E-state index in [1.807, 2.05) is 13.8 Å². The highest BCUT2D eigenvalue weighted by Crippen LogP contribution is 2.52. The summed E-state index contributed by atoms with van der Waals surface area (Å²) in [7, 11) is 0. The molecule has 1 aliphatic carbocycles. The fourth-order valence-corrected chi connectivity index (χ4v) is 3.88. The van der Waals surface area contributed by atoms with Gasteiger partial charge in [-0.25, -0.2) is 4.79 Å². The number of halogens is 3. The van der Waals surface area contributed by atoms with Crippen LogP contribution in [0.5, 0.6) is 0 Å². The zero-order chi connectivity index (χ0) is 22.3. The molecular formula is C21H29F3O5. The highest BCUT2D eigenvalue weighted by molar-refractivity contribution is 5.83. The van der Waals surface area contributed by atoms with Crippen LogP contribution in [0.2, 0.25) is 0 Å². The van der Waals surface area contributed by atoms with Crippen LogP contribution in [0, 0.1) is 5.41 Å². The number of rotatable bonds is 4. The van der Waals surface area contributed by atoms with Crippen LogP contribution in [0.4, 0.5) is 13.2 Å². The van der Waals surface area contributed by atoms with Gasteiger partial charge in [-0.3, -0.25) is 0 Å². The monoisotopic (exact) mass is 418 g/mol. The number of hydrogen-bond donors (Lipinski definition) is 1. The van der Waals surface area contributed by atoms with Crippen LogP contribution < -0.4 is 0 Å². The van der Waals surface area contributed by atoms with E-state index in [0.717, 1.165) is 12.2 Å². The summed E-state index contributed by atoms with van der Waals surface area (Å²) >= 11 is 0. The Labute approximate surface area is 169 Å². The second-order valence-corrected chi connectivity index (χ2v) is 8.29. The molecule has 1 heterocycles. The molecule has 1 saturated heterocycles. The molecule has 0 saturated carbocycles. The van der Waals surface area contributed by atoms with Crippen molar-refractivity contribution in [3.8, 4) is 0 Å². The van der Waals surface area contributed by atoms with Crippen molar-refractivity contribution < 1.29 is 37.3 Å². The average molecular weight is 418 g/mol. The summed E-state index contributed by atoms with van der Waals surface area (Å²) in [5.41, 5.74) is -3.40. The zero-order valence-corrected chi connectivity index (χ0v) is 17.6. The first-order chi connectivity index (χ1) is 13.2. The molecule has 164 valence electrons. The van der Waals surface area contributed by atoms with E-state index in [2.05, 4.69) is 4.74 Å². The van der Waals surface area contributed by atoms with E-state index in [1.54, 1.807) is 26.8 Å². The Morgan fingerprint density at radius 1 is 1.31 bits per heavy atom. The minimum Gasteiger partial charge on any atom is -0.463 e. The van der Waals surface area contributed by atoms with Crippen LogP contribution in [-0.2, 0) is 19.0 Å². The van der Waals surface area contributed by atoms with Crippen LogP contribution in [-0.4, -0.2) is 47.5 Å². The highest BCUT2D eigenvalue weighted by Gasteiger charge is 2.56. The summed E-state index contributed by atoms with van der Waals surface area (Å²) in [4.78, 5) is 11.5. The second kappa shape index (κ2) is 7.89. The summed E-state index contributed by atoms with van der Waals surface area (Å²) < 4.78 is 56.6. The van der Waals surface area contributed by atoms with Gasteiger partial charge in [0.1, 0.15) is 5.60 Å². The van der Waals surface area contributed by atoms with Crippen LogP contribution >= 0.6 is 0 Å². The molecule has 2 rings (SSSR count). The Morgan fingerprint density at radius 3 is 2.31 bits per heavy atom. The minimum absolute atomic E-state index is 0.0398. The molecule has 1 spiro atoms. The van der Waals surface area contributed by atoms with Crippen LogP contribution in [0.3, 0.4) is 0 Å². The number of allylic oxidation sites excluding steroid dienone is 2. The predicted octanol–water partition coefficient (Wildman–Crippen LogP) is 4.22. The van der Waals surface area contributed by atoms with Crippen molar-refractivity contribution in [1.29, 1.82) is 0 Å².